The molecule has 11 nitrogen and oxygen atoms in total. The van der Waals surface area contributed by atoms with Gasteiger partial charge in [0.2, 0.25) is 5.91 Å². The average Bonchev–Trinajstić information content (AvgIpc) is 3.50. The summed E-state index contributed by atoms with van der Waals surface area (Å²) in [6.45, 7) is 11.2. The molecule has 0 radical (unpaired) electrons. The Hall–Kier alpha value is -3.50. The smallest absolute Gasteiger partial charge is 0.411 e. The van der Waals surface area contributed by atoms with Gasteiger partial charge in [-0.2, -0.15) is 13.2 Å². The highest BCUT2D eigenvalue weighted by Gasteiger charge is 2.46. The van der Waals surface area contributed by atoms with E-state index in [2.05, 4.69) is 22.2 Å². The molecule has 0 spiro atoms. The number of rotatable bonds is 20. The van der Waals surface area contributed by atoms with E-state index in [-0.39, 0.29) is 26.0 Å². The number of halogens is 3. The summed E-state index contributed by atoms with van der Waals surface area (Å²) in [6.07, 6.45) is 2.91. The fourth-order valence-corrected chi connectivity index (χ4v) is 5.42. The molecule has 1 aromatic rings. The third-order valence-electron chi connectivity index (χ3n) is 7.18. The summed E-state index contributed by atoms with van der Waals surface area (Å²) >= 11 is 2.64. The lowest BCUT2D eigenvalue weighted by molar-refractivity contribution is -0.177. The van der Waals surface area contributed by atoms with Gasteiger partial charge >= 0.3 is 18.3 Å². The summed E-state index contributed by atoms with van der Waals surface area (Å²) < 4.78 is 47.1. The second-order valence-electron chi connectivity index (χ2n) is 11.6. The first-order valence-electron chi connectivity index (χ1n) is 15.9. The van der Waals surface area contributed by atoms with Crippen LogP contribution in [0.5, 0.6) is 0 Å². The van der Waals surface area contributed by atoms with Crippen LogP contribution in [-0.4, -0.2) is 83.3 Å². The van der Waals surface area contributed by atoms with E-state index in [1.807, 2.05) is 31.4 Å². The van der Waals surface area contributed by atoms with Crippen LogP contribution in [0.1, 0.15) is 64.1 Å². The third-order valence-corrected chi connectivity index (χ3v) is 9.00. The van der Waals surface area contributed by atoms with E-state index in [0.29, 0.717) is 16.2 Å². The van der Waals surface area contributed by atoms with Crippen molar-refractivity contribution in [1.82, 2.24) is 25.8 Å². The minimum Gasteiger partial charge on any atom is -0.444 e. The fourth-order valence-electron chi connectivity index (χ4n) is 4.37. The molecule has 0 saturated heterocycles. The number of aromatic nitrogens is 1. The molecule has 0 saturated carbocycles. The SMILES string of the molecule is C=C(/C=C\C=C/CC)CCC(CC(O)C(NC(=O)OC/C(=C/N)SC)C(F)(F)F)NC(=O)C(NC(=O)N(C)Cc1csc(CC)n1)C(C)C. The van der Waals surface area contributed by atoms with Crippen molar-refractivity contribution in [3.05, 3.63) is 63.6 Å². The molecule has 1 heterocycles. The normalized spacial score (nSPS) is 14.8. The van der Waals surface area contributed by atoms with Crippen LogP contribution in [0.15, 0.2) is 52.9 Å². The summed E-state index contributed by atoms with van der Waals surface area (Å²) in [5.74, 6) is -1.04. The number of thioether (sulfide) groups is 1. The Balaban J connectivity index is 3.16. The summed E-state index contributed by atoms with van der Waals surface area (Å²) in [5.41, 5.74) is 6.75. The second-order valence-corrected chi connectivity index (χ2v) is 13.5. The minimum absolute atomic E-state index is 0.110. The Bertz CT molecular complexity index is 1300. The molecule has 6 N–H and O–H groups in total. The zero-order valence-corrected chi connectivity index (χ0v) is 30.6. The number of carbonyl (C=O) groups excluding carboxylic acids is 3. The number of hydrogen-bond donors (Lipinski definition) is 5. The highest BCUT2D eigenvalue weighted by atomic mass is 32.2. The first kappa shape index (κ1) is 43.5. The first-order chi connectivity index (χ1) is 23.1. The maximum absolute atomic E-state index is 14.1. The predicted octanol–water partition coefficient (Wildman–Crippen LogP) is 5.79. The molecule has 0 aliphatic heterocycles. The number of urea groups is 1. The van der Waals surface area contributed by atoms with E-state index >= 15 is 0 Å². The molecule has 4 atom stereocenters. The zero-order valence-electron chi connectivity index (χ0n) is 29.0. The van der Waals surface area contributed by atoms with Gasteiger partial charge in [0, 0.05) is 29.6 Å². The monoisotopic (exact) mass is 732 g/mol. The number of allylic oxidation sites excluding steroid dienone is 5. The largest absolute Gasteiger partial charge is 0.444 e. The highest BCUT2D eigenvalue weighted by Crippen LogP contribution is 2.26. The number of aryl methyl sites for hydroxylation is 1. The van der Waals surface area contributed by atoms with Crippen molar-refractivity contribution in [3.63, 3.8) is 0 Å². The lowest BCUT2D eigenvalue weighted by Gasteiger charge is -2.31. The van der Waals surface area contributed by atoms with E-state index in [1.54, 1.807) is 44.6 Å². The number of hydrogen-bond acceptors (Lipinski definition) is 9. The number of thiazole rings is 1. The van der Waals surface area contributed by atoms with Gasteiger partial charge in [-0.1, -0.05) is 64.2 Å². The molecule has 0 aliphatic carbocycles. The molecule has 0 aliphatic rings. The van der Waals surface area contributed by atoms with Crippen molar-refractivity contribution in [2.24, 2.45) is 11.7 Å². The van der Waals surface area contributed by atoms with Crippen LogP contribution < -0.4 is 21.7 Å². The van der Waals surface area contributed by atoms with Gasteiger partial charge in [0.15, 0.2) is 6.04 Å². The molecule has 4 amide bonds. The Morgan fingerprint density at radius 3 is 2.45 bits per heavy atom. The van der Waals surface area contributed by atoms with Crippen LogP contribution in [0.3, 0.4) is 0 Å². The zero-order chi connectivity index (χ0) is 37.1. The van der Waals surface area contributed by atoms with Crippen LogP contribution in [0.4, 0.5) is 22.8 Å². The number of alkyl halides is 3. The van der Waals surface area contributed by atoms with Gasteiger partial charge in [-0.05, 0) is 44.3 Å². The van der Waals surface area contributed by atoms with Crippen molar-refractivity contribution in [2.75, 3.05) is 19.9 Å². The molecule has 16 heteroatoms. The molecule has 0 fully saturated rings. The number of amides is 4. The van der Waals surface area contributed by atoms with Gasteiger partial charge in [0.1, 0.15) is 12.6 Å². The maximum Gasteiger partial charge on any atom is 0.411 e. The number of alkyl carbamates (subject to hydrolysis) is 1. The lowest BCUT2D eigenvalue weighted by atomic mass is 9.95. The Morgan fingerprint density at radius 2 is 1.90 bits per heavy atom. The summed E-state index contributed by atoms with van der Waals surface area (Å²) in [6, 6.07) is -5.28. The number of aliphatic hydroxyl groups is 1. The molecule has 1 rings (SSSR count). The first-order valence-corrected chi connectivity index (χ1v) is 18.1. The van der Waals surface area contributed by atoms with E-state index in [4.69, 9.17) is 10.5 Å². The number of nitrogens with zero attached hydrogens (tertiary/aromatic N) is 2. The molecule has 0 aromatic carbocycles. The van der Waals surface area contributed by atoms with Crippen molar-refractivity contribution in [3.8, 4) is 0 Å². The van der Waals surface area contributed by atoms with Crippen LogP contribution in [0.2, 0.25) is 0 Å². The van der Waals surface area contributed by atoms with E-state index in [9.17, 15) is 32.7 Å². The van der Waals surface area contributed by atoms with Gasteiger partial charge in [-0.3, -0.25) is 4.79 Å². The number of nitrogens with two attached hydrogens (primary N) is 1. The van der Waals surface area contributed by atoms with Crippen LogP contribution in [0.25, 0.3) is 0 Å². The predicted molar refractivity (Wildman–Crippen MR) is 190 cm³/mol. The molecule has 1 aromatic heterocycles. The Labute approximate surface area is 295 Å². The Morgan fingerprint density at radius 1 is 1.20 bits per heavy atom. The molecule has 0 bridgehead atoms. The fraction of sp³-hybridized carbons (Fsp3) is 0.576. The van der Waals surface area contributed by atoms with Gasteiger partial charge in [0.25, 0.3) is 0 Å². The Kier molecular flexibility index (Phi) is 19.8. The molecule has 49 heavy (non-hydrogen) atoms. The van der Waals surface area contributed by atoms with Crippen molar-refractivity contribution in [2.45, 2.75) is 96.7 Å². The van der Waals surface area contributed by atoms with Gasteiger partial charge in [-0.25, -0.2) is 14.6 Å². The quantitative estimate of drug-likeness (QED) is 0.106. The maximum atomic E-state index is 14.1. The molecular weight excluding hydrogens is 682 g/mol. The van der Waals surface area contributed by atoms with Gasteiger partial charge in [0.05, 0.1) is 23.4 Å². The summed E-state index contributed by atoms with van der Waals surface area (Å²) in [5, 5.41) is 20.8. The van der Waals surface area contributed by atoms with E-state index in [0.717, 1.165) is 35.8 Å². The number of aliphatic hydroxyl groups excluding tert-OH is 1. The van der Waals surface area contributed by atoms with Gasteiger partial charge < -0.3 is 36.4 Å². The van der Waals surface area contributed by atoms with Crippen molar-refractivity contribution >= 4 is 41.1 Å². The number of carbonyl (C=O) groups is 3. The summed E-state index contributed by atoms with van der Waals surface area (Å²) in [4.78, 5) is 45.1. The standard InChI is InChI=1S/C33H51F3N6O5S2/c1-8-10-11-12-13-22(5)14-15-23(16-26(43)29(33(34,35)36)41-32(46)47-19-25(17-37)48-7)39-30(44)28(21(3)4)40-31(45)42(6)18-24-20-49-27(9-2)38-24/h10-13,17,20-21,23,26,28-29,43H,5,8-9,14-16,18-19,37H2,1-4,6-7H3,(H,39,44)(H,40,45)(H,41,46)/b11-10-,13-12-,25-17-. The summed E-state index contributed by atoms with van der Waals surface area (Å²) in [7, 11) is 1.56. The van der Waals surface area contributed by atoms with Crippen LogP contribution >= 0.6 is 23.1 Å². The van der Waals surface area contributed by atoms with Crippen LogP contribution in [0, 0.1) is 5.92 Å². The third kappa shape index (κ3) is 16.6. The van der Waals surface area contributed by atoms with Gasteiger partial charge in [-0.15, -0.1) is 23.1 Å². The second kappa shape index (κ2) is 22.3. The lowest BCUT2D eigenvalue weighted by Crippen LogP contribution is -2.57. The van der Waals surface area contributed by atoms with E-state index < -0.39 is 60.8 Å². The molecule has 4 unspecified atom stereocenters. The van der Waals surface area contributed by atoms with Crippen LogP contribution in [-0.2, 0) is 22.5 Å². The van der Waals surface area contributed by atoms with Crippen molar-refractivity contribution in [1.29, 1.82) is 0 Å². The minimum atomic E-state index is -5.05. The number of nitrogens with one attached hydrogen (secondary N) is 3. The van der Waals surface area contributed by atoms with E-state index in [1.165, 1.54) is 16.2 Å². The number of ether oxygens (including phenoxy) is 1. The van der Waals surface area contributed by atoms with Crippen molar-refractivity contribution < 1.29 is 37.4 Å². The highest BCUT2D eigenvalue weighted by molar-refractivity contribution is 8.02. The average molecular weight is 733 g/mol. The molecular formula is C33H51F3N6O5S2. The molecule has 276 valence electrons. The topological polar surface area (TPSA) is 159 Å².